The van der Waals surface area contributed by atoms with Crippen LogP contribution in [0.3, 0.4) is 0 Å². The van der Waals surface area contributed by atoms with Gasteiger partial charge in [0.05, 0.1) is 0 Å². The van der Waals surface area contributed by atoms with Gasteiger partial charge in [0.2, 0.25) is 5.91 Å². The van der Waals surface area contributed by atoms with Crippen molar-refractivity contribution in [1.82, 2.24) is 14.7 Å². The molecule has 0 aromatic heterocycles. The van der Waals surface area contributed by atoms with Crippen LogP contribution in [0.1, 0.15) is 18.9 Å². The molecule has 0 bridgehead atoms. The molecule has 7 nitrogen and oxygen atoms in total. The predicted octanol–water partition coefficient (Wildman–Crippen LogP) is 3.74. The summed E-state index contributed by atoms with van der Waals surface area (Å²) in [5.74, 6) is -0.0569. The number of hydrogen-bond acceptors (Lipinski definition) is 5. The minimum Gasteiger partial charge on any atom is -0.426 e. The van der Waals surface area contributed by atoms with Crippen molar-refractivity contribution in [3.8, 4) is 0 Å². The van der Waals surface area contributed by atoms with E-state index in [9.17, 15) is 35.9 Å². The zero-order chi connectivity index (χ0) is 27.0. The molecule has 3 fully saturated rings. The van der Waals surface area contributed by atoms with E-state index in [1.165, 1.54) is 0 Å². The van der Waals surface area contributed by atoms with Crippen LogP contribution in [0.4, 0.5) is 36.8 Å². The molecular weight excluding hydrogens is 506 g/mol. The summed E-state index contributed by atoms with van der Waals surface area (Å²) in [6.45, 7) is 6.35. The number of amides is 2. The Kier molecular flexibility index (Phi) is 7.82. The molecule has 13 heteroatoms. The number of likely N-dealkylation sites (tertiary alicyclic amines) is 2. The van der Waals surface area contributed by atoms with Gasteiger partial charge in [0, 0.05) is 71.5 Å². The van der Waals surface area contributed by atoms with Crippen LogP contribution in [0.2, 0.25) is 0 Å². The largest absolute Gasteiger partial charge is 0.434 e. The van der Waals surface area contributed by atoms with Crippen molar-refractivity contribution >= 4 is 17.7 Å². The fourth-order valence-corrected chi connectivity index (χ4v) is 5.53. The Balaban J connectivity index is 1.34. The number of alkyl halides is 6. The summed E-state index contributed by atoms with van der Waals surface area (Å²) in [5.41, 5.74) is 2.19. The van der Waals surface area contributed by atoms with Crippen LogP contribution < -0.4 is 4.90 Å². The molecular formula is C24H30F6N4O3. The Morgan fingerprint density at radius 2 is 1.51 bits per heavy atom. The molecule has 3 saturated heterocycles. The van der Waals surface area contributed by atoms with Gasteiger partial charge in [-0.3, -0.25) is 9.69 Å². The predicted molar refractivity (Wildman–Crippen MR) is 122 cm³/mol. The molecule has 4 rings (SSSR count). The van der Waals surface area contributed by atoms with Crippen molar-refractivity contribution in [1.29, 1.82) is 0 Å². The Labute approximate surface area is 210 Å². The maximum Gasteiger partial charge on any atom is 0.434 e. The highest BCUT2D eigenvalue weighted by atomic mass is 19.4. The molecule has 2 amide bonds. The van der Waals surface area contributed by atoms with Gasteiger partial charge in [0.25, 0.3) is 6.10 Å². The van der Waals surface area contributed by atoms with Crippen LogP contribution in [-0.4, -0.2) is 97.5 Å². The Bertz CT molecular complexity index is 960. The van der Waals surface area contributed by atoms with Crippen LogP contribution in [0, 0.1) is 11.8 Å². The number of carbonyl (C=O) groups is 2. The van der Waals surface area contributed by atoms with Gasteiger partial charge >= 0.3 is 18.4 Å². The molecule has 3 aliphatic rings. The Hall–Kier alpha value is -2.70. The molecule has 0 spiro atoms. The van der Waals surface area contributed by atoms with Gasteiger partial charge in [-0.05, 0) is 29.9 Å². The molecule has 0 radical (unpaired) electrons. The molecule has 3 heterocycles. The number of nitrogens with zero attached hydrogens (tertiary/aromatic N) is 4. The van der Waals surface area contributed by atoms with E-state index in [1.807, 2.05) is 29.2 Å². The fraction of sp³-hybridized carbons (Fsp3) is 0.667. The molecule has 0 aliphatic carbocycles. The third-order valence-corrected chi connectivity index (χ3v) is 7.30. The summed E-state index contributed by atoms with van der Waals surface area (Å²) < 4.78 is 80.4. The average Bonchev–Trinajstić information content (AvgIpc) is 3.25. The quantitative estimate of drug-likeness (QED) is 0.549. The summed E-state index contributed by atoms with van der Waals surface area (Å²) in [6, 6.07) is 8.00. The number of hydrogen-bond donors (Lipinski definition) is 0. The van der Waals surface area contributed by atoms with Crippen molar-refractivity contribution in [3.05, 3.63) is 29.8 Å². The number of ether oxygens (including phenoxy) is 1. The number of anilines is 1. The lowest BCUT2D eigenvalue weighted by molar-refractivity contribution is -0.308. The van der Waals surface area contributed by atoms with Crippen LogP contribution >= 0.6 is 0 Å². The molecule has 1 aromatic rings. The van der Waals surface area contributed by atoms with Crippen molar-refractivity contribution in [2.45, 2.75) is 38.3 Å². The first kappa shape index (κ1) is 27.3. The topological polar surface area (TPSA) is 56.3 Å². The number of rotatable bonds is 4. The number of carbonyl (C=O) groups excluding carboxylic acids is 2. The molecule has 2 atom stereocenters. The van der Waals surface area contributed by atoms with E-state index >= 15 is 0 Å². The normalized spacial score (nSPS) is 23.4. The van der Waals surface area contributed by atoms with Crippen LogP contribution in [-0.2, 0) is 16.1 Å². The SMILES string of the molecule is CC(=O)N1CCCN(c2ccccc2CN2CC3CN(C(=O)OC(C(F)(F)F)C(F)(F)F)CC3C2)CC1. The lowest BCUT2D eigenvalue weighted by atomic mass is 10.0. The minimum atomic E-state index is -5.73. The molecule has 0 saturated carbocycles. The summed E-state index contributed by atoms with van der Waals surface area (Å²) >= 11 is 0. The summed E-state index contributed by atoms with van der Waals surface area (Å²) in [6.07, 6.45) is -16.3. The number of benzene rings is 1. The van der Waals surface area contributed by atoms with Gasteiger partial charge in [0.1, 0.15) is 0 Å². The van der Waals surface area contributed by atoms with E-state index in [0.29, 0.717) is 26.2 Å². The van der Waals surface area contributed by atoms with E-state index in [0.717, 1.165) is 42.2 Å². The molecule has 3 aliphatic heterocycles. The molecule has 1 aromatic carbocycles. The van der Waals surface area contributed by atoms with Gasteiger partial charge in [-0.1, -0.05) is 18.2 Å². The minimum absolute atomic E-state index is 0.0527. The number of para-hydroxylation sites is 1. The Morgan fingerprint density at radius 3 is 2.11 bits per heavy atom. The highest BCUT2D eigenvalue weighted by Gasteiger charge is 2.60. The zero-order valence-corrected chi connectivity index (χ0v) is 20.4. The highest BCUT2D eigenvalue weighted by Crippen LogP contribution is 2.38. The van der Waals surface area contributed by atoms with Crippen LogP contribution in [0.15, 0.2) is 24.3 Å². The lowest BCUT2D eigenvalue weighted by Crippen LogP contribution is -2.48. The van der Waals surface area contributed by atoms with E-state index < -0.39 is 24.5 Å². The first-order valence-electron chi connectivity index (χ1n) is 12.2. The summed E-state index contributed by atoms with van der Waals surface area (Å²) in [7, 11) is 0. The van der Waals surface area contributed by atoms with Crippen molar-refractivity contribution in [3.63, 3.8) is 0 Å². The van der Waals surface area contributed by atoms with Crippen LogP contribution in [0.25, 0.3) is 0 Å². The smallest absolute Gasteiger partial charge is 0.426 e. The van der Waals surface area contributed by atoms with Gasteiger partial charge in [-0.2, -0.15) is 26.3 Å². The summed E-state index contributed by atoms with van der Waals surface area (Å²) in [5, 5.41) is 0. The first-order chi connectivity index (χ1) is 17.3. The van der Waals surface area contributed by atoms with Gasteiger partial charge in [-0.25, -0.2) is 4.79 Å². The standard InChI is InChI=1S/C24H30F6N4O3/c1-16(35)32-7-4-8-33(10-9-32)20-6-3-2-5-17(20)11-31-12-18-14-34(15-19(18)13-31)22(36)37-21(23(25,26)27)24(28,29)30/h2-3,5-6,18-19,21H,4,7-15H2,1H3. The second-order valence-corrected chi connectivity index (χ2v) is 9.94. The molecule has 2 unspecified atom stereocenters. The Morgan fingerprint density at radius 1 is 0.892 bits per heavy atom. The summed E-state index contributed by atoms with van der Waals surface area (Å²) in [4.78, 5) is 31.1. The highest BCUT2D eigenvalue weighted by molar-refractivity contribution is 5.73. The third kappa shape index (κ3) is 6.42. The third-order valence-electron chi connectivity index (χ3n) is 7.30. The maximum atomic E-state index is 12.8. The molecule has 37 heavy (non-hydrogen) atoms. The second kappa shape index (κ2) is 10.6. The van der Waals surface area contributed by atoms with E-state index in [2.05, 4.69) is 14.5 Å². The lowest BCUT2D eigenvalue weighted by Gasteiger charge is -2.28. The first-order valence-corrected chi connectivity index (χ1v) is 12.2. The van der Waals surface area contributed by atoms with Crippen molar-refractivity contribution < 1.29 is 40.7 Å². The zero-order valence-electron chi connectivity index (χ0n) is 20.4. The average molecular weight is 537 g/mol. The maximum absolute atomic E-state index is 12.8. The van der Waals surface area contributed by atoms with Crippen molar-refractivity contribution in [2.75, 3.05) is 57.3 Å². The molecule has 206 valence electrons. The van der Waals surface area contributed by atoms with E-state index in [-0.39, 0.29) is 30.8 Å². The molecule has 0 N–H and O–H groups in total. The van der Waals surface area contributed by atoms with Crippen molar-refractivity contribution in [2.24, 2.45) is 11.8 Å². The number of fused-ring (bicyclic) bond motifs is 1. The van der Waals surface area contributed by atoms with E-state index in [4.69, 9.17) is 0 Å². The van der Waals surface area contributed by atoms with Gasteiger partial charge in [-0.15, -0.1) is 0 Å². The number of halogens is 6. The monoisotopic (exact) mass is 536 g/mol. The van der Waals surface area contributed by atoms with Crippen LogP contribution in [0.5, 0.6) is 0 Å². The van der Waals surface area contributed by atoms with Gasteiger partial charge in [0.15, 0.2) is 0 Å². The van der Waals surface area contributed by atoms with Gasteiger partial charge < -0.3 is 19.4 Å². The fourth-order valence-electron chi connectivity index (χ4n) is 5.53. The second-order valence-electron chi connectivity index (χ2n) is 9.94. The van der Waals surface area contributed by atoms with E-state index in [1.54, 1.807) is 6.92 Å².